The molecule has 25 heavy (non-hydrogen) atoms. The van der Waals surface area contributed by atoms with Gasteiger partial charge in [0.25, 0.3) is 0 Å². The maximum Gasteiger partial charge on any atom is 0.118 e. The van der Waals surface area contributed by atoms with E-state index < -0.39 is 0 Å². The summed E-state index contributed by atoms with van der Waals surface area (Å²) in [5.74, 6) is 0.346. The summed E-state index contributed by atoms with van der Waals surface area (Å²) in [7, 11) is 0. The summed E-state index contributed by atoms with van der Waals surface area (Å²) in [4.78, 5) is 0. The molecule has 0 spiro atoms. The molecule has 136 valence electrons. The van der Waals surface area contributed by atoms with Gasteiger partial charge in [0.05, 0.1) is 11.7 Å². The molecule has 2 nitrogen and oxygen atoms in total. The highest BCUT2D eigenvalue weighted by molar-refractivity contribution is 5.32. The molecule has 0 saturated heterocycles. The molecule has 1 unspecified atom stereocenters. The predicted octanol–water partition coefficient (Wildman–Crippen LogP) is 6.44. The van der Waals surface area contributed by atoms with E-state index in [1.54, 1.807) is 6.07 Å². The van der Waals surface area contributed by atoms with Crippen molar-refractivity contribution in [2.24, 2.45) is 0 Å². The van der Waals surface area contributed by atoms with Crippen molar-refractivity contribution in [1.29, 1.82) is 0 Å². The molecule has 2 aromatic carbocycles. The first-order chi connectivity index (χ1) is 12.0. The van der Waals surface area contributed by atoms with Gasteiger partial charge in [0, 0.05) is 6.42 Å². The van der Waals surface area contributed by atoms with Crippen LogP contribution in [-0.4, -0.2) is 10.7 Å². The fourth-order valence-electron chi connectivity index (χ4n) is 3.26. The topological polar surface area (TPSA) is 29.5 Å². The SMILES string of the molecule is CCCCCCC(OC(C)(C)Cc1ccccc1O)c1ccccc1. The van der Waals surface area contributed by atoms with Gasteiger partial charge in [-0.3, -0.25) is 0 Å². The Balaban J connectivity index is 2.07. The summed E-state index contributed by atoms with van der Waals surface area (Å²) in [6, 6.07) is 18.0. The molecule has 2 rings (SSSR count). The summed E-state index contributed by atoms with van der Waals surface area (Å²) < 4.78 is 6.55. The normalized spacial score (nSPS) is 12.9. The minimum absolute atomic E-state index is 0.0962. The Kier molecular flexibility index (Phi) is 7.52. The van der Waals surface area contributed by atoms with Gasteiger partial charge in [0.2, 0.25) is 0 Å². The summed E-state index contributed by atoms with van der Waals surface area (Å²) in [6.45, 7) is 6.46. The van der Waals surface area contributed by atoms with Crippen LogP contribution in [0.15, 0.2) is 54.6 Å². The minimum Gasteiger partial charge on any atom is -0.508 e. The van der Waals surface area contributed by atoms with E-state index in [4.69, 9.17) is 4.74 Å². The van der Waals surface area contributed by atoms with Crippen LogP contribution in [0.5, 0.6) is 5.75 Å². The van der Waals surface area contributed by atoms with Crippen molar-refractivity contribution in [3.63, 3.8) is 0 Å². The van der Waals surface area contributed by atoms with Crippen molar-refractivity contribution in [3.05, 3.63) is 65.7 Å². The van der Waals surface area contributed by atoms with E-state index in [-0.39, 0.29) is 11.7 Å². The lowest BCUT2D eigenvalue weighted by molar-refractivity contribution is -0.0773. The summed E-state index contributed by atoms with van der Waals surface area (Å²) in [5, 5.41) is 10.1. The molecule has 0 heterocycles. The highest BCUT2D eigenvalue weighted by Crippen LogP contribution is 2.32. The maximum atomic E-state index is 10.1. The monoisotopic (exact) mass is 340 g/mol. The van der Waals surface area contributed by atoms with Gasteiger partial charge in [0.1, 0.15) is 5.75 Å². The van der Waals surface area contributed by atoms with Crippen LogP contribution in [0.4, 0.5) is 0 Å². The number of hydrogen-bond donors (Lipinski definition) is 1. The molecule has 0 amide bonds. The first-order valence-corrected chi connectivity index (χ1v) is 9.51. The fraction of sp³-hybridized carbons (Fsp3) is 0.478. The quantitative estimate of drug-likeness (QED) is 0.504. The number of ether oxygens (including phenoxy) is 1. The van der Waals surface area contributed by atoms with Crippen LogP contribution >= 0.6 is 0 Å². The van der Waals surface area contributed by atoms with Crippen LogP contribution < -0.4 is 0 Å². The Labute approximate surface area is 152 Å². The van der Waals surface area contributed by atoms with Crippen molar-refractivity contribution in [2.45, 2.75) is 71.0 Å². The van der Waals surface area contributed by atoms with Gasteiger partial charge >= 0.3 is 0 Å². The van der Waals surface area contributed by atoms with E-state index in [1.165, 1.54) is 31.2 Å². The molecule has 1 atom stereocenters. The number of para-hydroxylation sites is 1. The Hall–Kier alpha value is -1.80. The third kappa shape index (κ3) is 6.55. The molecule has 0 aliphatic carbocycles. The Morgan fingerprint density at radius 1 is 0.920 bits per heavy atom. The molecule has 0 saturated carbocycles. The first-order valence-electron chi connectivity index (χ1n) is 9.51. The number of aromatic hydroxyl groups is 1. The number of rotatable bonds is 10. The van der Waals surface area contributed by atoms with Gasteiger partial charge < -0.3 is 9.84 Å². The zero-order valence-corrected chi connectivity index (χ0v) is 15.9. The number of phenolic OH excluding ortho intramolecular Hbond substituents is 1. The van der Waals surface area contributed by atoms with Gasteiger partial charge in [-0.1, -0.05) is 81.1 Å². The molecular weight excluding hydrogens is 308 g/mol. The van der Waals surface area contributed by atoms with Gasteiger partial charge in [-0.25, -0.2) is 0 Å². The Morgan fingerprint density at radius 2 is 1.60 bits per heavy atom. The van der Waals surface area contributed by atoms with Crippen molar-refractivity contribution in [2.75, 3.05) is 0 Å². The highest BCUT2D eigenvalue weighted by atomic mass is 16.5. The van der Waals surface area contributed by atoms with E-state index in [2.05, 4.69) is 45.0 Å². The second-order valence-electron chi connectivity index (χ2n) is 7.43. The molecular formula is C23H32O2. The molecule has 0 radical (unpaired) electrons. The fourth-order valence-corrected chi connectivity index (χ4v) is 3.26. The molecule has 2 heteroatoms. The van der Waals surface area contributed by atoms with Gasteiger partial charge in [-0.2, -0.15) is 0 Å². The van der Waals surface area contributed by atoms with Crippen molar-refractivity contribution < 1.29 is 9.84 Å². The summed E-state index contributed by atoms with van der Waals surface area (Å²) >= 11 is 0. The third-order valence-electron chi connectivity index (χ3n) is 4.56. The minimum atomic E-state index is -0.343. The second-order valence-corrected chi connectivity index (χ2v) is 7.43. The van der Waals surface area contributed by atoms with Crippen molar-refractivity contribution in [1.82, 2.24) is 0 Å². The van der Waals surface area contributed by atoms with Crippen LogP contribution in [0.2, 0.25) is 0 Å². The predicted molar refractivity (Wildman–Crippen MR) is 105 cm³/mol. The summed E-state index contributed by atoms with van der Waals surface area (Å²) in [5.41, 5.74) is 1.83. The standard InChI is InChI=1S/C23H32O2/c1-4-5-6-10-17-22(19-13-8-7-9-14-19)25-23(2,3)18-20-15-11-12-16-21(20)24/h7-9,11-16,22,24H,4-6,10,17-18H2,1-3H3. The van der Waals surface area contributed by atoms with E-state index in [0.29, 0.717) is 12.2 Å². The summed E-state index contributed by atoms with van der Waals surface area (Å²) in [6.07, 6.45) is 6.78. The number of benzene rings is 2. The number of phenols is 1. The molecule has 1 N–H and O–H groups in total. The smallest absolute Gasteiger partial charge is 0.118 e. The number of hydrogen-bond acceptors (Lipinski definition) is 2. The molecule has 0 aromatic heterocycles. The van der Waals surface area contributed by atoms with Crippen LogP contribution in [-0.2, 0) is 11.2 Å². The Bertz CT molecular complexity index is 619. The van der Waals surface area contributed by atoms with E-state index in [9.17, 15) is 5.11 Å². The average molecular weight is 341 g/mol. The lowest BCUT2D eigenvalue weighted by Crippen LogP contribution is -2.29. The van der Waals surface area contributed by atoms with Gasteiger partial charge in [0.15, 0.2) is 0 Å². The van der Waals surface area contributed by atoms with E-state index >= 15 is 0 Å². The van der Waals surface area contributed by atoms with E-state index in [0.717, 1.165) is 12.0 Å². The van der Waals surface area contributed by atoms with Gasteiger partial charge in [-0.15, -0.1) is 0 Å². The first kappa shape index (κ1) is 19.5. The van der Waals surface area contributed by atoms with Crippen molar-refractivity contribution >= 4 is 0 Å². The average Bonchev–Trinajstić information content (AvgIpc) is 2.60. The number of unbranched alkanes of at least 4 members (excludes halogenated alkanes) is 3. The van der Waals surface area contributed by atoms with E-state index in [1.807, 2.05) is 24.3 Å². The van der Waals surface area contributed by atoms with Crippen molar-refractivity contribution in [3.8, 4) is 5.75 Å². The Morgan fingerprint density at radius 3 is 2.28 bits per heavy atom. The van der Waals surface area contributed by atoms with Crippen LogP contribution in [0, 0.1) is 0 Å². The highest BCUT2D eigenvalue weighted by Gasteiger charge is 2.26. The molecule has 0 fully saturated rings. The lowest BCUT2D eigenvalue weighted by atomic mass is 9.95. The molecule has 0 aliphatic heterocycles. The van der Waals surface area contributed by atoms with Crippen LogP contribution in [0.3, 0.4) is 0 Å². The third-order valence-corrected chi connectivity index (χ3v) is 4.56. The van der Waals surface area contributed by atoms with Gasteiger partial charge in [-0.05, 0) is 37.5 Å². The zero-order valence-electron chi connectivity index (χ0n) is 15.9. The largest absolute Gasteiger partial charge is 0.508 e. The molecule has 2 aromatic rings. The lowest BCUT2D eigenvalue weighted by Gasteiger charge is -2.32. The zero-order chi connectivity index (χ0) is 18.1. The maximum absolute atomic E-state index is 10.1. The molecule has 0 bridgehead atoms. The molecule has 0 aliphatic rings. The van der Waals surface area contributed by atoms with Crippen LogP contribution in [0.25, 0.3) is 0 Å². The van der Waals surface area contributed by atoms with Crippen LogP contribution in [0.1, 0.15) is 70.1 Å². The second kappa shape index (κ2) is 9.62.